The molecule has 1 aromatic heterocycles. The normalized spacial score (nSPS) is 18.8. The number of imidazole rings is 1. The number of rotatable bonds is 8. The number of aryl methyl sites for hydroxylation is 1. The summed E-state index contributed by atoms with van der Waals surface area (Å²) in [7, 11) is 0. The Bertz CT molecular complexity index is 398. The van der Waals surface area contributed by atoms with Gasteiger partial charge < -0.3 is 15.0 Å². The van der Waals surface area contributed by atoms with Crippen molar-refractivity contribution in [2.45, 2.75) is 64.6 Å². The minimum Gasteiger partial charge on any atom is -0.394 e. The van der Waals surface area contributed by atoms with E-state index in [1.54, 1.807) is 0 Å². The van der Waals surface area contributed by atoms with Gasteiger partial charge in [-0.25, -0.2) is 4.98 Å². The predicted octanol–water partition coefficient (Wildman–Crippen LogP) is 1.97. The molecule has 4 nitrogen and oxygen atoms in total. The number of nitrogens with one attached hydrogen (secondary N) is 1. The minimum absolute atomic E-state index is 0.183. The Morgan fingerprint density at radius 2 is 2.26 bits per heavy atom. The van der Waals surface area contributed by atoms with Crippen molar-refractivity contribution in [3.05, 3.63) is 18.2 Å². The molecule has 19 heavy (non-hydrogen) atoms. The van der Waals surface area contributed by atoms with Gasteiger partial charge in [0.05, 0.1) is 12.1 Å². The van der Waals surface area contributed by atoms with Crippen molar-refractivity contribution in [2.24, 2.45) is 5.92 Å². The van der Waals surface area contributed by atoms with Crippen molar-refractivity contribution in [1.29, 1.82) is 0 Å². The third kappa shape index (κ3) is 3.37. The number of hydrogen-bond acceptors (Lipinski definition) is 3. The standard InChI is InChI=1S/C15H27N3O/c1-4-5-14-16-8-9-18(14)10-15(11-19,13-6-7-13)17-12(2)3/h8-9,12-13,17,19H,4-7,10-11H2,1-3H3. The third-order valence-corrected chi connectivity index (χ3v) is 3.94. The van der Waals surface area contributed by atoms with Gasteiger partial charge in [0.1, 0.15) is 5.82 Å². The maximum absolute atomic E-state index is 9.96. The quantitative estimate of drug-likeness (QED) is 0.755. The zero-order valence-corrected chi connectivity index (χ0v) is 12.4. The van der Waals surface area contributed by atoms with E-state index in [0.29, 0.717) is 12.0 Å². The molecule has 1 aromatic rings. The second kappa shape index (κ2) is 6.06. The summed E-state index contributed by atoms with van der Waals surface area (Å²) in [5.74, 6) is 1.73. The van der Waals surface area contributed by atoms with Crippen LogP contribution in [-0.2, 0) is 13.0 Å². The van der Waals surface area contributed by atoms with E-state index in [1.165, 1.54) is 12.8 Å². The van der Waals surface area contributed by atoms with Crippen molar-refractivity contribution < 1.29 is 5.11 Å². The van der Waals surface area contributed by atoms with E-state index in [0.717, 1.165) is 25.2 Å². The molecule has 0 aromatic carbocycles. The molecule has 2 N–H and O–H groups in total. The summed E-state index contributed by atoms with van der Waals surface area (Å²) in [6.45, 7) is 7.48. The van der Waals surface area contributed by atoms with Crippen LogP contribution in [0.15, 0.2) is 12.4 Å². The lowest BCUT2D eigenvalue weighted by atomic mass is 9.92. The number of aromatic nitrogens is 2. The highest BCUT2D eigenvalue weighted by atomic mass is 16.3. The Morgan fingerprint density at radius 3 is 2.79 bits per heavy atom. The van der Waals surface area contributed by atoms with Crippen LogP contribution in [0.5, 0.6) is 0 Å². The van der Waals surface area contributed by atoms with Gasteiger partial charge in [-0.3, -0.25) is 0 Å². The van der Waals surface area contributed by atoms with Crippen LogP contribution < -0.4 is 5.32 Å². The van der Waals surface area contributed by atoms with Crippen LogP contribution in [-0.4, -0.2) is 32.8 Å². The van der Waals surface area contributed by atoms with Gasteiger partial charge in [0.2, 0.25) is 0 Å². The van der Waals surface area contributed by atoms with Crippen molar-refractivity contribution in [3.8, 4) is 0 Å². The monoisotopic (exact) mass is 265 g/mol. The van der Waals surface area contributed by atoms with Gasteiger partial charge >= 0.3 is 0 Å². The molecule has 0 radical (unpaired) electrons. The molecule has 0 amide bonds. The highest BCUT2D eigenvalue weighted by molar-refractivity contribution is 5.04. The number of aliphatic hydroxyl groups excluding tert-OH is 1. The van der Waals surface area contributed by atoms with E-state index >= 15 is 0 Å². The van der Waals surface area contributed by atoms with Crippen LogP contribution in [0.4, 0.5) is 0 Å². The molecule has 0 bridgehead atoms. The maximum atomic E-state index is 9.96. The molecule has 1 atom stereocenters. The second-order valence-electron chi connectivity index (χ2n) is 6.11. The zero-order chi connectivity index (χ0) is 13.9. The smallest absolute Gasteiger partial charge is 0.108 e. The average Bonchev–Trinajstić information content (AvgIpc) is 3.13. The molecule has 2 rings (SSSR count). The van der Waals surface area contributed by atoms with Gasteiger partial charge in [0.15, 0.2) is 0 Å². The third-order valence-electron chi connectivity index (χ3n) is 3.94. The second-order valence-corrected chi connectivity index (χ2v) is 6.11. The van der Waals surface area contributed by atoms with Crippen LogP contribution in [0.3, 0.4) is 0 Å². The summed E-state index contributed by atoms with van der Waals surface area (Å²) in [5.41, 5.74) is -0.183. The van der Waals surface area contributed by atoms with Crippen molar-refractivity contribution in [3.63, 3.8) is 0 Å². The fourth-order valence-electron chi connectivity index (χ4n) is 2.97. The lowest BCUT2D eigenvalue weighted by Gasteiger charge is -2.36. The van der Waals surface area contributed by atoms with Crippen LogP contribution in [0.25, 0.3) is 0 Å². The Morgan fingerprint density at radius 1 is 1.53 bits per heavy atom. The van der Waals surface area contributed by atoms with Crippen molar-refractivity contribution in [2.75, 3.05) is 6.61 Å². The summed E-state index contributed by atoms with van der Waals surface area (Å²) in [6.07, 6.45) is 8.45. The Hall–Kier alpha value is -0.870. The van der Waals surface area contributed by atoms with Gasteiger partial charge in [-0.1, -0.05) is 20.8 Å². The summed E-state index contributed by atoms with van der Waals surface area (Å²) < 4.78 is 2.22. The van der Waals surface area contributed by atoms with E-state index in [2.05, 4.69) is 35.6 Å². The molecule has 1 aliphatic rings. The van der Waals surface area contributed by atoms with E-state index in [9.17, 15) is 5.11 Å². The number of nitrogens with zero attached hydrogens (tertiary/aromatic N) is 2. The fourth-order valence-corrected chi connectivity index (χ4v) is 2.97. The van der Waals surface area contributed by atoms with Gasteiger partial charge in [0, 0.05) is 31.4 Å². The fraction of sp³-hybridized carbons (Fsp3) is 0.800. The van der Waals surface area contributed by atoms with Crippen LogP contribution in [0, 0.1) is 5.92 Å². The highest BCUT2D eigenvalue weighted by Gasteiger charge is 2.45. The van der Waals surface area contributed by atoms with Gasteiger partial charge in [-0.2, -0.15) is 0 Å². The molecular formula is C15H27N3O. The van der Waals surface area contributed by atoms with E-state index < -0.39 is 0 Å². The van der Waals surface area contributed by atoms with Gasteiger partial charge in [0.25, 0.3) is 0 Å². The Labute approximate surface area is 116 Å². The van der Waals surface area contributed by atoms with Crippen molar-refractivity contribution >= 4 is 0 Å². The first-order valence-corrected chi connectivity index (χ1v) is 7.50. The first-order valence-electron chi connectivity index (χ1n) is 7.50. The van der Waals surface area contributed by atoms with E-state index in [-0.39, 0.29) is 12.1 Å². The van der Waals surface area contributed by atoms with Crippen LogP contribution >= 0.6 is 0 Å². The largest absolute Gasteiger partial charge is 0.394 e. The van der Waals surface area contributed by atoms with Gasteiger partial charge in [-0.05, 0) is 25.2 Å². The topological polar surface area (TPSA) is 50.1 Å². The molecule has 0 spiro atoms. The Balaban J connectivity index is 2.17. The highest BCUT2D eigenvalue weighted by Crippen LogP contribution is 2.41. The molecule has 1 fully saturated rings. The minimum atomic E-state index is -0.183. The molecule has 1 heterocycles. The molecule has 4 heteroatoms. The molecular weight excluding hydrogens is 238 g/mol. The lowest BCUT2D eigenvalue weighted by molar-refractivity contribution is 0.112. The summed E-state index contributed by atoms with van der Waals surface area (Å²) in [4.78, 5) is 4.44. The predicted molar refractivity (Wildman–Crippen MR) is 77.0 cm³/mol. The molecule has 108 valence electrons. The molecule has 1 saturated carbocycles. The summed E-state index contributed by atoms with van der Waals surface area (Å²) in [5, 5.41) is 13.6. The molecule has 1 unspecified atom stereocenters. The van der Waals surface area contributed by atoms with Crippen LogP contribution in [0.2, 0.25) is 0 Å². The Kier molecular flexibility index (Phi) is 4.63. The number of hydrogen-bond donors (Lipinski definition) is 2. The van der Waals surface area contributed by atoms with Gasteiger partial charge in [-0.15, -0.1) is 0 Å². The number of aliphatic hydroxyl groups is 1. The van der Waals surface area contributed by atoms with E-state index in [1.807, 2.05) is 12.4 Å². The summed E-state index contributed by atoms with van der Waals surface area (Å²) in [6, 6.07) is 0.380. The summed E-state index contributed by atoms with van der Waals surface area (Å²) >= 11 is 0. The van der Waals surface area contributed by atoms with Crippen molar-refractivity contribution in [1.82, 2.24) is 14.9 Å². The molecule has 1 aliphatic carbocycles. The average molecular weight is 265 g/mol. The lowest BCUT2D eigenvalue weighted by Crippen LogP contribution is -2.56. The molecule has 0 saturated heterocycles. The van der Waals surface area contributed by atoms with Crippen LogP contribution in [0.1, 0.15) is 45.9 Å². The SMILES string of the molecule is CCCc1nccn1CC(CO)(NC(C)C)C1CC1. The van der Waals surface area contributed by atoms with E-state index in [4.69, 9.17) is 0 Å². The molecule has 0 aliphatic heterocycles. The maximum Gasteiger partial charge on any atom is 0.108 e. The zero-order valence-electron chi connectivity index (χ0n) is 12.4. The first-order chi connectivity index (χ1) is 9.11. The first kappa shape index (κ1) is 14.5.